The Kier molecular flexibility index (Phi) is 4.44. The summed E-state index contributed by atoms with van der Waals surface area (Å²) < 4.78 is 9.63. The molecule has 1 aliphatic carbocycles. The first-order valence-electron chi connectivity index (χ1n) is 8.96. The van der Waals surface area contributed by atoms with Crippen LogP contribution in [-0.4, -0.2) is 26.2 Å². The molecule has 0 spiro atoms. The molecule has 0 saturated heterocycles. The largest absolute Gasteiger partial charge is 0.465 e. The molecular formula is C22H21NO4. The predicted molar refractivity (Wildman–Crippen MR) is 102 cm³/mol. The van der Waals surface area contributed by atoms with Crippen LogP contribution in [0.3, 0.4) is 0 Å². The SMILES string of the molecule is COC(=O)c1ccc([C@@H]2Nc3ccc(C(=O)OC)cc3[C@H]3C=CC[C@@H]32)cc1. The first-order chi connectivity index (χ1) is 13.1. The van der Waals surface area contributed by atoms with Crippen LogP contribution in [-0.2, 0) is 9.47 Å². The van der Waals surface area contributed by atoms with Crippen molar-refractivity contribution in [1.29, 1.82) is 0 Å². The van der Waals surface area contributed by atoms with E-state index in [4.69, 9.17) is 9.47 Å². The van der Waals surface area contributed by atoms with Crippen molar-refractivity contribution in [1.82, 2.24) is 0 Å². The van der Waals surface area contributed by atoms with Gasteiger partial charge in [-0.25, -0.2) is 9.59 Å². The quantitative estimate of drug-likeness (QED) is 0.657. The van der Waals surface area contributed by atoms with E-state index >= 15 is 0 Å². The molecular weight excluding hydrogens is 342 g/mol. The minimum absolute atomic E-state index is 0.133. The fraction of sp³-hybridized carbons (Fsp3) is 0.273. The van der Waals surface area contributed by atoms with Crippen LogP contribution in [0.5, 0.6) is 0 Å². The predicted octanol–water partition coefficient (Wildman–Crippen LogP) is 4.09. The van der Waals surface area contributed by atoms with Crippen LogP contribution in [0.1, 0.15) is 50.2 Å². The molecule has 5 nitrogen and oxygen atoms in total. The number of anilines is 1. The lowest BCUT2D eigenvalue weighted by atomic mass is 9.76. The number of carbonyl (C=O) groups is 2. The van der Waals surface area contributed by atoms with E-state index < -0.39 is 0 Å². The fourth-order valence-corrected chi connectivity index (χ4v) is 4.11. The lowest BCUT2D eigenvalue weighted by Gasteiger charge is -2.37. The number of esters is 2. The zero-order valence-corrected chi connectivity index (χ0v) is 15.3. The Labute approximate surface area is 158 Å². The Morgan fingerprint density at radius 3 is 2.33 bits per heavy atom. The van der Waals surface area contributed by atoms with Gasteiger partial charge in [0.2, 0.25) is 0 Å². The molecule has 2 aliphatic rings. The van der Waals surface area contributed by atoms with Crippen molar-refractivity contribution >= 4 is 17.6 Å². The first kappa shape index (κ1) is 17.3. The van der Waals surface area contributed by atoms with Gasteiger partial charge in [-0.3, -0.25) is 0 Å². The van der Waals surface area contributed by atoms with E-state index in [2.05, 4.69) is 17.5 Å². The summed E-state index contributed by atoms with van der Waals surface area (Å²) in [6, 6.07) is 13.4. The molecule has 4 rings (SSSR count). The van der Waals surface area contributed by atoms with Gasteiger partial charge in [0.15, 0.2) is 0 Å². The second-order valence-corrected chi connectivity index (χ2v) is 6.88. The Balaban J connectivity index is 1.68. The lowest BCUT2D eigenvalue weighted by molar-refractivity contribution is 0.0591. The van der Waals surface area contributed by atoms with Gasteiger partial charge in [0.25, 0.3) is 0 Å². The van der Waals surface area contributed by atoms with Gasteiger partial charge in [0, 0.05) is 11.6 Å². The van der Waals surface area contributed by atoms with Gasteiger partial charge < -0.3 is 14.8 Å². The number of hydrogen-bond acceptors (Lipinski definition) is 5. The third-order valence-electron chi connectivity index (χ3n) is 5.47. The normalized spacial score (nSPS) is 22.4. The summed E-state index contributed by atoms with van der Waals surface area (Å²) in [6.45, 7) is 0. The fourth-order valence-electron chi connectivity index (χ4n) is 4.11. The van der Waals surface area contributed by atoms with Gasteiger partial charge in [0.1, 0.15) is 0 Å². The molecule has 0 amide bonds. The van der Waals surface area contributed by atoms with Crippen molar-refractivity contribution in [2.24, 2.45) is 5.92 Å². The summed E-state index contributed by atoms with van der Waals surface area (Å²) in [5.41, 5.74) is 4.39. The van der Waals surface area contributed by atoms with E-state index in [1.165, 1.54) is 14.2 Å². The molecule has 0 saturated carbocycles. The molecule has 0 bridgehead atoms. The number of nitrogens with one attached hydrogen (secondary N) is 1. The average molecular weight is 363 g/mol. The van der Waals surface area contributed by atoms with Gasteiger partial charge in [-0.15, -0.1) is 0 Å². The molecule has 1 N–H and O–H groups in total. The molecule has 0 unspecified atom stereocenters. The lowest BCUT2D eigenvalue weighted by Crippen LogP contribution is -2.29. The number of rotatable bonds is 3. The second kappa shape index (κ2) is 6.91. The topological polar surface area (TPSA) is 64.6 Å². The highest BCUT2D eigenvalue weighted by Gasteiger charge is 2.38. The van der Waals surface area contributed by atoms with Crippen LogP contribution in [0.15, 0.2) is 54.6 Å². The Hall–Kier alpha value is -3.08. The van der Waals surface area contributed by atoms with Crippen LogP contribution in [0.4, 0.5) is 5.69 Å². The van der Waals surface area contributed by atoms with Crippen LogP contribution in [0.25, 0.3) is 0 Å². The minimum atomic E-state index is -0.334. The summed E-state index contributed by atoms with van der Waals surface area (Å²) in [4.78, 5) is 23.6. The van der Waals surface area contributed by atoms with Gasteiger partial charge >= 0.3 is 11.9 Å². The van der Waals surface area contributed by atoms with E-state index in [0.717, 1.165) is 23.2 Å². The van der Waals surface area contributed by atoms with Crippen molar-refractivity contribution in [2.45, 2.75) is 18.4 Å². The maximum atomic E-state index is 11.9. The number of methoxy groups -OCH3 is 2. The number of fused-ring (bicyclic) bond motifs is 3. The second-order valence-electron chi connectivity index (χ2n) is 6.88. The minimum Gasteiger partial charge on any atom is -0.465 e. The van der Waals surface area contributed by atoms with Crippen molar-refractivity contribution in [3.63, 3.8) is 0 Å². The molecule has 138 valence electrons. The first-order valence-corrected chi connectivity index (χ1v) is 8.96. The third-order valence-corrected chi connectivity index (χ3v) is 5.47. The zero-order valence-electron chi connectivity index (χ0n) is 15.3. The summed E-state index contributed by atoms with van der Waals surface area (Å²) in [7, 11) is 2.78. The zero-order chi connectivity index (χ0) is 19.0. The molecule has 3 atom stereocenters. The summed E-state index contributed by atoms with van der Waals surface area (Å²) in [5.74, 6) is -0.0541. The molecule has 0 aromatic heterocycles. The maximum Gasteiger partial charge on any atom is 0.337 e. The summed E-state index contributed by atoms with van der Waals surface area (Å²) in [5, 5.41) is 3.62. The average Bonchev–Trinajstić information content (AvgIpc) is 3.22. The molecule has 0 radical (unpaired) electrons. The van der Waals surface area contributed by atoms with Gasteiger partial charge in [-0.2, -0.15) is 0 Å². The summed E-state index contributed by atoms with van der Waals surface area (Å²) >= 11 is 0. The number of benzene rings is 2. The van der Waals surface area contributed by atoms with Gasteiger partial charge in [0.05, 0.1) is 31.4 Å². The van der Waals surface area contributed by atoms with Crippen LogP contribution < -0.4 is 5.32 Å². The number of allylic oxidation sites excluding steroid dienone is 2. The summed E-state index contributed by atoms with van der Waals surface area (Å²) in [6.07, 6.45) is 5.39. The monoisotopic (exact) mass is 363 g/mol. The molecule has 1 aliphatic heterocycles. The van der Waals surface area contributed by atoms with E-state index in [1.54, 1.807) is 18.2 Å². The van der Waals surface area contributed by atoms with Crippen LogP contribution in [0, 0.1) is 5.92 Å². The Bertz CT molecular complexity index is 916. The smallest absolute Gasteiger partial charge is 0.337 e. The number of ether oxygens (including phenoxy) is 2. The van der Waals surface area contributed by atoms with Crippen molar-refractivity contribution < 1.29 is 19.1 Å². The van der Waals surface area contributed by atoms with Crippen molar-refractivity contribution in [3.8, 4) is 0 Å². The Morgan fingerprint density at radius 1 is 0.963 bits per heavy atom. The highest BCUT2D eigenvalue weighted by Crippen LogP contribution is 2.49. The highest BCUT2D eigenvalue weighted by atomic mass is 16.5. The van der Waals surface area contributed by atoms with Gasteiger partial charge in [-0.05, 0) is 53.8 Å². The molecule has 2 aromatic carbocycles. The number of carbonyl (C=O) groups excluding carboxylic acids is 2. The van der Waals surface area contributed by atoms with Crippen molar-refractivity contribution in [3.05, 3.63) is 76.9 Å². The Morgan fingerprint density at radius 2 is 1.63 bits per heavy atom. The molecule has 2 aromatic rings. The van der Waals surface area contributed by atoms with Crippen molar-refractivity contribution in [2.75, 3.05) is 19.5 Å². The van der Waals surface area contributed by atoms with E-state index in [1.807, 2.05) is 24.3 Å². The molecule has 27 heavy (non-hydrogen) atoms. The van der Waals surface area contributed by atoms with Crippen LogP contribution >= 0.6 is 0 Å². The van der Waals surface area contributed by atoms with E-state index in [0.29, 0.717) is 17.0 Å². The molecule has 5 heteroatoms. The van der Waals surface area contributed by atoms with E-state index in [9.17, 15) is 9.59 Å². The van der Waals surface area contributed by atoms with Gasteiger partial charge in [-0.1, -0.05) is 24.3 Å². The number of hydrogen-bond donors (Lipinski definition) is 1. The van der Waals surface area contributed by atoms with E-state index in [-0.39, 0.29) is 23.9 Å². The molecule has 0 fully saturated rings. The molecule has 1 heterocycles. The standard InChI is InChI=1S/C22H21NO4/c1-26-21(24)14-8-6-13(7-9-14)20-17-5-3-4-16(17)18-12-15(22(25)27-2)10-11-19(18)23-20/h3-4,6-12,16-17,20,23H,5H2,1-2H3/t16-,17-,20-/m0/s1. The highest BCUT2D eigenvalue weighted by molar-refractivity contribution is 5.90. The maximum absolute atomic E-state index is 11.9. The third kappa shape index (κ3) is 2.99. The van der Waals surface area contributed by atoms with Crippen LogP contribution in [0.2, 0.25) is 0 Å².